The maximum Gasteiger partial charge on any atom is 0.159 e. The van der Waals surface area contributed by atoms with Crippen molar-refractivity contribution in [3.8, 4) is 34.2 Å². The summed E-state index contributed by atoms with van der Waals surface area (Å²) in [4.78, 5) is 26.3. The number of nitrogens with zero attached hydrogens (tertiary/aromatic N) is 8. The molecule has 0 fully saturated rings. The predicted molar refractivity (Wildman–Crippen MR) is 168 cm³/mol. The first-order valence-corrected chi connectivity index (χ1v) is 13.4. The third kappa shape index (κ3) is 5.88. The van der Waals surface area contributed by atoms with Gasteiger partial charge >= 0.3 is 0 Å². The third-order valence-corrected chi connectivity index (χ3v) is 6.80. The van der Waals surface area contributed by atoms with Crippen LogP contribution in [0.2, 0.25) is 0 Å². The first kappa shape index (κ1) is 27.1. The fraction of sp³-hybridized carbons (Fsp3) is 0. The minimum Gasteiger partial charge on any atom is -0.412 e. The van der Waals surface area contributed by atoms with Gasteiger partial charge < -0.3 is 14.6 Å². The van der Waals surface area contributed by atoms with Crippen molar-refractivity contribution >= 4 is 21.8 Å². The second kappa shape index (κ2) is 12.2. The van der Waals surface area contributed by atoms with Crippen molar-refractivity contribution in [2.24, 2.45) is 0 Å². The Labute approximate surface area is 247 Å². The molecule has 4 aromatic heterocycles. The fourth-order valence-electron chi connectivity index (χ4n) is 4.64. The second-order valence-corrected chi connectivity index (χ2v) is 9.55. The molecule has 0 aliphatic carbocycles. The van der Waals surface area contributed by atoms with Crippen LogP contribution < -0.4 is 0 Å². The van der Waals surface area contributed by atoms with E-state index >= 15 is 0 Å². The molecule has 2 N–H and O–H groups in total. The lowest BCUT2D eigenvalue weighted by Crippen LogP contribution is -1.93. The van der Waals surface area contributed by atoms with Crippen LogP contribution in [0.4, 0.5) is 0 Å². The van der Waals surface area contributed by atoms with Crippen molar-refractivity contribution in [1.82, 2.24) is 39.0 Å². The number of hydrogen-bond donors (Lipinski definition) is 0. The minimum absolute atomic E-state index is 0. The van der Waals surface area contributed by atoms with E-state index in [1.807, 2.05) is 119 Å². The van der Waals surface area contributed by atoms with Crippen LogP contribution in [0.25, 0.3) is 56.0 Å². The smallest absolute Gasteiger partial charge is 0.159 e. The van der Waals surface area contributed by atoms with Gasteiger partial charge in [0.05, 0.1) is 23.7 Å². The molecular formula is C34H26N8O. The highest BCUT2D eigenvalue weighted by Crippen LogP contribution is 2.22. The van der Waals surface area contributed by atoms with Gasteiger partial charge in [-0.15, -0.1) is 0 Å². The molecular weight excluding hydrogens is 536 g/mol. The Morgan fingerprint density at radius 1 is 0.488 bits per heavy atom. The molecule has 4 heterocycles. The first-order valence-electron chi connectivity index (χ1n) is 13.4. The molecule has 9 nitrogen and oxygen atoms in total. The van der Waals surface area contributed by atoms with Crippen molar-refractivity contribution < 1.29 is 5.48 Å². The Morgan fingerprint density at radius 2 is 0.930 bits per heavy atom. The standard InChI is InChI=1S/2C17H12N4.H2O/c2*1-2-4-13(5-3-1)17-19-11-14-10-15(6-7-16(14)20-17)21-9-8-18-12-21;/h2*1-12H;1H2. The van der Waals surface area contributed by atoms with Gasteiger partial charge in [-0.05, 0) is 36.4 Å². The summed E-state index contributed by atoms with van der Waals surface area (Å²) in [6, 6.07) is 32.2. The summed E-state index contributed by atoms with van der Waals surface area (Å²) in [6.45, 7) is 0. The number of fused-ring (bicyclic) bond motifs is 2. The van der Waals surface area contributed by atoms with Crippen LogP contribution in [0.3, 0.4) is 0 Å². The van der Waals surface area contributed by atoms with Gasteiger partial charge in [0.2, 0.25) is 0 Å². The molecule has 8 rings (SSSR count). The molecule has 208 valence electrons. The summed E-state index contributed by atoms with van der Waals surface area (Å²) in [7, 11) is 0. The van der Waals surface area contributed by atoms with Gasteiger partial charge in [-0.3, -0.25) is 0 Å². The van der Waals surface area contributed by atoms with Gasteiger partial charge in [-0.2, -0.15) is 0 Å². The van der Waals surface area contributed by atoms with E-state index in [-0.39, 0.29) is 5.48 Å². The lowest BCUT2D eigenvalue weighted by molar-refractivity contribution is 0.824. The zero-order valence-corrected chi connectivity index (χ0v) is 22.9. The summed E-state index contributed by atoms with van der Waals surface area (Å²) in [6.07, 6.45) is 14.6. The zero-order chi connectivity index (χ0) is 28.1. The van der Waals surface area contributed by atoms with E-state index in [0.717, 1.165) is 56.0 Å². The van der Waals surface area contributed by atoms with Gasteiger partial charge in [0, 0.05) is 70.5 Å². The minimum atomic E-state index is 0. The molecule has 0 spiro atoms. The summed E-state index contributed by atoms with van der Waals surface area (Å²) in [5.74, 6) is 1.50. The molecule has 0 aliphatic rings. The van der Waals surface area contributed by atoms with Crippen LogP contribution in [0.1, 0.15) is 0 Å². The van der Waals surface area contributed by atoms with Gasteiger partial charge in [-0.25, -0.2) is 29.9 Å². The highest BCUT2D eigenvalue weighted by atomic mass is 16.0. The third-order valence-electron chi connectivity index (χ3n) is 6.80. The zero-order valence-electron chi connectivity index (χ0n) is 22.9. The molecule has 9 heteroatoms. The van der Waals surface area contributed by atoms with E-state index in [1.165, 1.54) is 0 Å². The second-order valence-electron chi connectivity index (χ2n) is 9.55. The van der Waals surface area contributed by atoms with Gasteiger partial charge in [-0.1, -0.05) is 60.7 Å². The highest BCUT2D eigenvalue weighted by Gasteiger charge is 2.06. The molecule has 0 bridgehead atoms. The van der Waals surface area contributed by atoms with Crippen LogP contribution >= 0.6 is 0 Å². The Kier molecular flexibility index (Phi) is 7.70. The average Bonchev–Trinajstić information content (AvgIpc) is 3.81. The summed E-state index contributed by atoms with van der Waals surface area (Å²) in [5.41, 5.74) is 6.03. The maximum atomic E-state index is 4.63. The van der Waals surface area contributed by atoms with Crippen molar-refractivity contribution in [2.45, 2.75) is 0 Å². The molecule has 8 aromatic rings. The van der Waals surface area contributed by atoms with E-state index in [9.17, 15) is 0 Å². The van der Waals surface area contributed by atoms with E-state index in [0.29, 0.717) is 0 Å². The maximum absolute atomic E-state index is 4.63. The molecule has 0 amide bonds. The molecule has 0 atom stereocenters. The van der Waals surface area contributed by atoms with Crippen LogP contribution in [-0.4, -0.2) is 44.5 Å². The summed E-state index contributed by atoms with van der Waals surface area (Å²) in [5, 5.41) is 2.03. The first-order chi connectivity index (χ1) is 20.8. The highest BCUT2D eigenvalue weighted by molar-refractivity contribution is 5.82. The average molecular weight is 563 g/mol. The van der Waals surface area contributed by atoms with Crippen molar-refractivity contribution in [1.29, 1.82) is 0 Å². The van der Waals surface area contributed by atoms with E-state index < -0.39 is 0 Å². The normalized spacial score (nSPS) is 10.6. The van der Waals surface area contributed by atoms with Gasteiger partial charge in [0.1, 0.15) is 0 Å². The Hall–Kier alpha value is -6.06. The number of benzene rings is 4. The van der Waals surface area contributed by atoms with Crippen LogP contribution in [0.15, 0.2) is 147 Å². The van der Waals surface area contributed by atoms with Crippen LogP contribution in [0, 0.1) is 0 Å². The van der Waals surface area contributed by atoms with Crippen molar-refractivity contribution in [2.75, 3.05) is 0 Å². The molecule has 0 saturated heterocycles. The van der Waals surface area contributed by atoms with E-state index in [4.69, 9.17) is 0 Å². The molecule has 0 saturated carbocycles. The van der Waals surface area contributed by atoms with Crippen LogP contribution in [-0.2, 0) is 0 Å². The largest absolute Gasteiger partial charge is 0.412 e. The number of imidazole rings is 2. The summed E-state index contributed by atoms with van der Waals surface area (Å²) < 4.78 is 3.93. The molecule has 0 aliphatic heterocycles. The fourth-order valence-corrected chi connectivity index (χ4v) is 4.64. The number of aromatic nitrogens is 8. The topological polar surface area (TPSA) is 119 Å². The monoisotopic (exact) mass is 562 g/mol. The molecule has 0 radical (unpaired) electrons. The van der Waals surface area contributed by atoms with Gasteiger partial charge in [0.15, 0.2) is 11.6 Å². The Morgan fingerprint density at radius 3 is 1.33 bits per heavy atom. The number of hydrogen-bond acceptors (Lipinski definition) is 6. The molecule has 43 heavy (non-hydrogen) atoms. The summed E-state index contributed by atoms with van der Waals surface area (Å²) >= 11 is 0. The Balaban J connectivity index is 0.000000150. The lowest BCUT2D eigenvalue weighted by atomic mass is 10.2. The lowest BCUT2D eigenvalue weighted by Gasteiger charge is -2.05. The number of rotatable bonds is 4. The van der Waals surface area contributed by atoms with Gasteiger partial charge in [0.25, 0.3) is 0 Å². The SMILES string of the molecule is O.c1ccc(-c2ncc3cc(-n4ccnc4)ccc3n2)cc1.c1ccc(-c2ncc3cc(-n4ccnc4)ccc3n2)cc1. The van der Waals surface area contributed by atoms with E-state index in [1.54, 1.807) is 25.0 Å². The molecule has 4 aromatic carbocycles. The van der Waals surface area contributed by atoms with E-state index in [2.05, 4.69) is 42.0 Å². The predicted octanol–water partition coefficient (Wildman–Crippen LogP) is 6.14. The quantitative estimate of drug-likeness (QED) is 0.254. The van der Waals surface area contributed by atoms with Crippen molar-refractivity contribution in [3.05, 3.63) is 147 Å². The Bertz CT molecular complexity index is 1930. The van der Waals surface area contributed by atoms with Crippen LogP contribution in [0.5, 0.6) is 0 Å². The van der Waals surface area contributed by atoms with Crippen molar-refractivity contribution in [3.63, 3.8) is 0 Å². The molecule has 0 unspecified atom stereocenters.